The van der Waals surface area contributed by atoms with Crippen LogP contribution in [0.15, 0.2) is 24.3 Å². The van der Waals surface area contributed by atoms with Crippen LogP contribution in [-0.4, -0.2) is 67.0 Å². The summed E-state index contributed by atoms with van der Waals surface area (Å²) in [4.78, 5) is 11.1. The fourth-order valence-electron chi connectivity index (χ4n) is 3.35. The molecule has 0 amide bonds. The Labute approximate surface area is 165 Å². The number of β-amino-alcohol motifs (C(OH)–C–C–N with tert-alkyl or cyclic N) is 1. The predicted molar refractivity (Wildman–Crippen MR) is 110 cm³/mol. The third-order valence-corrected chi connectivity index (χ3v) is 4.79. The topological polar surface area (TPSA) is 91.8 Å². The minimum absolute atomic E-state index is 0.200. The molecule has 1 aliphatic heterocycles. The van der Waals surface area contributed by atoms with Gasteiger partial charge in [-0.3, -0.25) is 0 Å². The van der Waals surface area contributed by atoms with Crippen molar-refractivity contribution in [3.63, 3.8) is 0 Å². The number of hydrogen-bond donors (Lipinski definition) is 3. The number of aryl methyl sites for hydroxylation is 1. The molecule has 1 unspecified atom stereocenters. The van der Waals surface area contributed by atoms with Crippen molar-refractivity contribution in [3.8, 4) is 11.5 Å². The summed E-state index contributed by atoms with van der Waals surface area (Å²) in [7, 11) is 3.46. The number of aromatic nitrogens is 2. The number of ether oxygens (including phenoxy) is 2. The standard InChI is InChI=1S/C20H29N5O3/c1-14-10-19(21-2)24-20(22-14)23-16-4-5-17(27-3)18(11-16)28-13-15-6-7-25(12-15)8-9-26/h4-5,10-11,15,26H,6-9,12-13H2,1-3H3,(H2,21,22,23,24). The Morgan fingerprint density at radius 2 is 2.11 bits per heavy atom. The maximum atomic E-state index is 9.08. The van der Waals surface area contributed by atoms with Crippen molar-refractivity contribution in [2.45, 2.75) is 13.3 Å². The number of aliphatic hydroxyl groups is 1. The minimum atomic E-state index is 0.200. The molecule has 1 atom stereocenters. The summed E-state index contributed by atoms with van der Waals surface area (Å²) in [6.45, 7) is 5.43. The van der Waals surface area contributed by atoms with Crippen molar-refractivity contribution < 1.29 is 14.6 Å². The number of methoxy groups -OCH3 is 1. The predicted octanol–water partition coefficient (Wildman–Crippen LogP) is 2.27. The second kappa shape index (κ2) is 9.57. The average molecular weight is 387 g/mol. The van der Waals surface area contributed by atoms with Crippen molar-refractivity contribution in [2.24, 2.45) is 5.92 Å². The first-order valence-corrected chi connectivity index (χ1v) is 9.55. The quantitative estimate of drug-likeness (QED) is 0.604. The largest absolute Gasteiger partial charge is 0.493 e. The summed E-state index contributed by atoms with van der Waals surface area (Å²) in [5.74, 6) is 3.11. The second-order valence-corrected chi connectivity index (χ2v) is 6.95. The highest BCUT2D eigenvalue weighted by molar-refractivity contribution is 5.60. The van der Waals surface area contributed by atoms with Crippen LogP contribution in [0.3, 0.4) is 0 Å². The zero-order valence-electron chi connectivity index (χ0n) is 16.7. The zero-order chi connectivity index (χ0) is 19.9. The van der Waals surface area contributed by atoms with Crippen LogP contribution >= 0.6 is 0 Å². The highest BCUT2D eigenvalue weighted by Gasteiger charge is 2.23. The maximum Gasteiger partial charge on any atom is 0.229 e. The van der Waals surface area contributed by atoms with Crippen LogP contribution in [0.1, 0.15) is 12.1 Å². The molecule has 8 nitrogen and oxygen atoms in total. The lowest BCUT2D eigenvalue weighted by molar-refractivity contribution is 0.202. The van der Waals surface area contributed by atoms with E-state index in [0.717, 1.165) is 43.3 Å². The lowest BCUT2D eigenvalue weighted by atomic mass is 10.1. The third-order valence-electron chi connectivity index (χ3n) is 4.79. The van der Waals surface area contributed by atoms with E-state index in [1.54, 1.807) is 7.11 Å². The fourth-order valence-corrected chi connectivity index (χ4v) is 3.35. The van der Waals surface area contributed by atoms with E-state index in [0.29, 0.717) is 30.0 Å². The Morgan fingerprint density at radius 1 is 1.25 bits per heavy atom. The van der Waals surface area contributed by atoms with Gasteiger partial charge >= 0.3 is 0 Å². The Morgan fingerprint density at radius 3 is 2.86 bits per heavy atom. The summed E-state index contributed by atoms with van der Waals surface area (Å²) in [5.41, 5.74) is 1.71. The van der Waals surface area contributed by atoms with Gasteiger partial charge in [0.15, 0.2) is 11.5 Å². The highest BCUT2D eigenvalue weighted by atomic mass is 16.5. The van der Waals surface area contributed by atoms with Crippen LogP contribution in [0.2, 0.25) is 0 Å². The normalized spacial score (nSPS) is 16.8. The molecule has 1 fully saturated rings. The average Bonchev–Trinajstić information content (AvgIpc) is 3.14. The molecular formula is C20H29N5O3. The number of benzene rings is 1. The molecule has 152 valence electrons. The molecule has 3 N–H and O–H groups in total. The number of nitrogens with zero attached hydrogens (tertiary/aromatic N) is 3. The molecule has 0 aliphatic carbocycles. The van der Waals surface area contributed by atoms with Crippen LogP contribution in [0, 0.1) is 12.8 Å². The smallest absolute Gasteiger partial charge is 0.229 e. The van der Waals surface area contributed by atoms with Crippen LogP contribution in [-0.2, 0) is 0 Å². The first-order chi connectivity index (χ1) is 13.6. The molecule has 0 radical (unpaired) electrons. The van der Waals surface area contributed by atoms with E-state index < -0.39 is 0 Å². The van der Waals surface area contributed by atoms with Gasteiger partial charge in [0, 0.05) is 49.6 Å². The summed E-state index contributed by atoms with van der Waals surface area (Å²) in [6, 6.07) is 7.58. The molecule has 1 saturated heterocycles. The van der Waals surface area contributed by atoms with Gasteiger partial charge in [-0.25, -0.2) is 4.98 Å². The van der Waals surface area contributed by atoms with Crippen molar-refractivity contribution in [1.29, 1.82) is 0 Å². The molecule has 2 aromatic rings. The van der Waals surface area contributed by atoms with Crippen LogP contribution < -0.4 is 20.1 Å². The highest BCUT2D eigenvalue weighted by Crippen LogP contribution is 2.32. The summed E-state index contributed by atoms with van der Waals surface area (Å²) < 4.78 is 11.5. The van der Waals surface area contributed by atoms with Gasteiger partial charge in [0.2, 0.25) is 5.95 Å². The SMILES string of the molecule is CNc1cc(C)nc(Nc2ccc(OC)c(OCC3CCN(CCO)C3)c2)n1. The summed E-state index contributed by atoms with van der Waals surface area (Å²) >= 11 is 0. The van der Waals surface area contributed by atoms with Crippen molar-refractivity contribution in [3.05, 3.63) is 30.0 Å². The molecule has 8 heteroatoms. The van der Waals surface area contributed by atoms with E-state index in [4.69, 9.17) is 14.6 Å². The van der Waals surface area contributed by atoms with Crippen LogP contribution in [0.5, 0.6) is 11.5 Å². The number of aliphatic hydroxyl groups excluding tert-OH is 1. The van der Waals surface area contributed by atoms with Gasteiger partial charge in [-0.1, -0.05) is 0 Å². The maximum absolute atomic E-state index is 9.08. The summed E-state index contributed by atoms with van der Waals surface area (Å²) in [5, 5.41) is 15.3. The van der Waals surface area contributed by atoms with Gasteiger partial charge in [0.05, 0.1) is 20.3 Å². The Hall–Kier alpha value is -2.58. The fraction of sp³-hybridized carbons (Fsp3) is 0.500. The van der Waals surface area contributed by atoms with Gasteiger partial charge in [-0.15, -0.1) is 0 Å². The zero-order valence-corrected chi connectivity index (χ0v) is 16.7. The van der Waals surface area contributed by atoms with E-state index in [9.17, 15) is 0 Å². The van der Waals surface area contributed by atoms with E-state index >= 15 is 0 Å². The molecule has 2 heterocycles. The number of hydrogen-bond acceptors (Lipinski definition) is 8. The Kier molecular flexibility index (Phi) is 6.89. The lowest BCUT2D eigenvalue weighted by Crippen LogP contribution is -2.25. The number of nitrogens with one attached hydrogen (secondary N) is 2. The monoisotopic (exact) mass is 387 g/mol. The first kappa shape index (κ1) is 20.2. The molecule has 28 heavy (non-hydrogen) atoms. The second-order valence-electron chi connectivity index (χ2n) is 6.95. The van der Waals surface area contributed by atoms with Crippen LogP contribution in [0.25, 0.3) is 0 Å². The number of likely N-dealkylation sites (tertiary alicyclic amines) is 1. The van der Waals surface area contributed by atoms with Crippen molar-refractivity contribution >= 4 is 17.5 Å². The Balaban J connectivity index is 1.67. The molecular weight excluding hydrogens is 358 g/mol. The first-order valence-electron chi connectivity index (χ1n) is 9.55. The summed E-state index contributed by atoms with van der Waals surface area (Å²) in [6.07, 6.45) is 1.07. The van der Waals surface area contributed by atoms with E-state index in [1.165, 1.54) is 0 Å². The van der Waals surface area contributed by atoms with E-state index in [1.807, 2.05) is 38.2 Å². The van der Waals surface area contributed by atoms with Gasteiger partial charge in [0.1, 0.15) is 5.82 Å². The van der Waals surface area contributed by atoms with E-state index in [-0.39, 0.29) is 6.61 Å². The minimum Gasteiger partial charge on any atom is -0.493 e. The van der Waals surface area contributed by atoms with Gasteiger partial charge in [-0.2, -0.15) is 4.98 Å². The Bertz CT molecular complexity index is 786. The molecule has 1 aromatic heterocycles. The molecule has 3 rings (SSSR count). The molecule has 0 bridgehead atoms. The van der Waals surface area contributed by atoms with Crippen molar-refractivity contribution in [2.75, 3.05) is 57.6 Å². The van der Waals surface area contributed by atoms with Crippen molar-refractivity contribution in [1.82, 2.24) is 14.9 Å². The van der Waals surface area contributed by atoms with E-state index in [2.05, 4.69) is 25.5 Å². The number of rotatable bonds is 9. The number of anilines is 3. The molecule has 1 aromatic carbocycles. The molecule has 1 aliphatic rings. The van der Waals surface area contributed by atoms with Crippen LogP contribution in [0.4, 0.5) is 17.5 Å². The molecule has 0 saturated carbocycles. The lowest BCUT2D eigenvalue weighted by Gasteiger charge is -2.17. The van der Waals surface area contributed by atoms with Gasteiger partial charge in [0.25, 0.3) is 0 Å². The third kappa shape index (κ3) is 5.24. The molecule has 0 spiro atoms. The van der Waals surface area contributed by atoms with Gasteiger partial charge < -0.3 is 30.1 Å². The van der Waals surface area contributed by atoms with Gasteiger partial charge in [-0.05, 0) is 32.0 Å².